The number of hydrogen-bond acceptors (Lipinski definition) is 2. The first-order chi connectivity index (χ1) is 5.91. The fourth-order valence-corrected chi connectivity index (χ4v) is 2.00. The minimum atomic E-state index is 0.0155. The van der Waals surface area contributed by atoms with Crippen LogP contribution in [0.2, 0.25) is 0 Å². The molecule has 1 aliphatic carbocycles. The van der Waals surface area contributed by atoms with Gasteiger partial charge in [-0.3, -0.25) is 0 Å². The molecule has 1 aliphatic heterocycles. The van der Waals surface area contributed by atoms with E-state index in [0.29, 0.717) is 11.3 Å². The van der Waals surface area contributed by atoms with Crippen molar-refractivity contribution in [3.63, 3.8) is 0 Å². The van der Waals surface area contributed by atoms with Gasteiger partial charge in [0.2, 0.25) is 0 Å². The van der Waals surface area contributed by atoms with Gasteiger partial charge in [-0.1, -0.05) is 13.8 Å². The molecule has 0 N–H and O–H groups in total. The van der Waals surface area contributed by atoms with Crippen LogP contribution in [0.1, 0.15) is 40.5 Å². The summed E-state index contributed by atoms with van der Waals surface area (Å²) in [7, 11) is 0. The van der Waals surface area contributed by atoms with Gasteiger partial charge < -0.3 is 9.47 Å². The molecule has 1 heterocycles. The zero-order valence-electron chi connectivity index (χ0n) is 9.09. The second-order valence-corrected chi connectivity index (χ2v) is 5.67. The van der Waals surface area contributed by atoms with E-state index < -0.39 is 0 Å². The summed E-state index contributed by atoms with van der Waals surface area (Å²) in [6.07, 6.45) is 2.31. The van der Waals surface area contributed by atoms with Crippen molar-refractivity contribution in [3.8, 4) is 0 Å². The van der Waals surface area contributed by atoms with Crippen molar-refractivity contribution in [2.75, 3.05) is 6.61 Å². The molecule has 1 saturated carbocycles. The largest absolute Gasteiger partial charge is 0.352 e. The Morgan fingerprint density at radius 2 is 1.77 bits per heavy atom. The molecule has 2 heteroatoms. The lowest BCUT2D eigenvalue weighted by atomic mass is 10.0. The second kappa shape index (κ2) is 2.71. The molecule has 13 heavy (non-hydrogen) atoms. The van der Waals surface area contributed by atoms with Gasteiger partial charge in [0.1, 0.15) is 0 Å². The minimum Gasteiger partial charge on any atom is -0.352 e. The van der Waals surface area contributed by atoms with Crippen LogP contribution in [0.15, 0.2) is 0 Å². The average molecular weight is 184 g/mol. The zero-order valence-corrected chi connectivity index (χ0v) is 9.09. The van der Waals surface area contributed by atoms with Crippen LogP contribution in [0, 0.1) is 11.3 Å². The lowest BCUT2D eigenvalue weighted by Crippen LogP contribution is -2.40. The van der Waals surface area contributed by atoms with Crippen LogP contribution in [0.25, 0.3) is 0 Å². The van der Waals surface area contributed by atoms with Crippen molar-refractivity contribution in [3.05, 3.63) is 0 Å². The number of ether oxygens (including phenoxy) is 2. The van der Waals surface area contributed by atoms with Gasteiger partial charge in [-0.15, -0.1) is 0 Å². The standard InChI is InChI=1S/C11H20O2/c1-10(2)7-8(10)9-12-6-5-11(3,4)13-9/h8-9H,5-7H2,1-4H3/t8?,9-/m0/s1. The zero-order chi connectivity index (χ0) is 9.69. The molecule has 0 radical (unpaired) electrons. The lowest BCUT2D eigenvalue weighted by molar-refractivity contribution is -0.256. The fourth-order valence-electron chi connectivity index (χ4n) is 2.00. The molecule has 76 valence electrons. The van der Waals surface area contributed by atoms with Crippen molar-refractivity contribution in [2.24, 2.45) is 11.3 Å². The molecular weight excluding hydrogens is 164 g/mol. The van der Waals surface area contributed by atoms with E-state index in [1.807, 2.05) is 0 Å². The van der Waals surface area contributed by atoms with Crippen LogP contribution >= 0.6 is 0 Å². The summed E-state index contributed by atoms with van der Waals surface area (Å²) >= 11 is 0. The molecule has 2 atom stereocenters. The quantitative estimate of drug-likeness (QED) is 0.623. The first kappa shape index (κ1) is 9.47. The first-order valence-electron chi connectivity index (χ1n) is 5.20. The highest BCUT2D eigenvalue weighted by Gasteiger charge is 2.53. The van der Waals surface area contributed by atoms with Gasteiger partial charge in [-0.05, 0) is 32.1 Å². The van der Waals surface area contributed by atoms with E-state index in [9.17, 15) is 0 Å². The molecule has 2 rings (SSSR count). The molecule has 0 amide bonds. The van der Waals surface area contributed by atoms with Crippen molar-refractivity contribution < 1.29 is 9.47 Å². The molecule has 0 spiro atoms. The Labute approximate surface area is 80.6 Å². The number of hydrogen-bond donors (Lipinski definition) is 0. The average Bonchev–Trinajstić information content (AvgIpc) is 2.58. The van der Waals surface area contributed by atoms with Crippen molar-refractivity contribution in [1.82, 2.24) is 0 Å². The highest BCUT2D eigenvalue weighted by Crippen LogP contribution is 2.55. The van der Waals surface area contributed by atoms with E-state index >= 15 is 0 Å². The fraction of sp³-hybridized carbons (Fsp3) is 1.00. The smallest absolute Gasteiger partial charge is 0.161 e. The molecule has 0 aromatic carbocycles. The number of rotatable bonds is 1. The van der Waals surface area contributed by atoms with Crippen molar-refractivity contribution in [2.45, 2.75) is 52.4 Å². The summed E-state index contributed by atoms with van der Waals surface area (Å²) in [5, 5.41) is 0. The summed E-state index contributed by atoms with van der Waals surface area (Å²) in [5.41, 5.74) is 0.458. The highest BCUT2D eigenvalue weighted by molar-refractivity contribution is 4.98. The Morgan fingerprint density at radius 1 is 1.15 bits per heavy atom. The summed E-state index contributed by atoms with van der Waals surface area (Å²) in [5.74, 6) is 0.618. The normalized spacial score (nSPS) is 41.5. The van der Waals surface area contributed by atoms with E-state index in [2.05, 4.69) is 27.7 Å². The minimum absolute atomic E-state index is 0.0155. The van der Waals surface area contributed by atoms with Crippen LogP contribution < -0.4 is 0 Å². The highest BCUT2D eigenvalue weighted by atomic mass is 16.7. The topological polar surface area (TPSA) is 18.5 Å². The maximum Gasteiger partial charge on any atom is 0.161 e. The van der Waals surface area contributed by atoms with Crippen LogP contribution in [0.5, 0.6) is 0 Å². The van der Waals surface area contributed by atoms with Crippen LogP contribution in [0.3, 0.4) is 0 Å². The molecule has 0 bridgehead atoms. The SMILES string of the molecule is CC1(C)CCO[C@H](C2CC2(C)C)O1. The Balaban J connectivity index is 1.95. The van der Waals surface area contributed by atoms with Crippen LogP contribution in [0.4, 0.5) is 0 Å². The van der Waals surface area contributed by atoms with Gasteiger partial charge >= 0.3 is 0 Å². The Kier molecular flexibility index (Phi) is 1.97. The van der Waals surface area contributed by atoms with E-state index in [1.165, 1.54) is 6.42 Å². The molecule has 2 aliphatic rings. The van der Waals surface area contributed by atoms with Crippen molar-refractivity contribution >= 4 is 0 Å². The first-order valence-corrected chi connectivity index (χ1v) is 5.20. The predicted octanol–water partition coefficient (Wildman–Crippen LogP) is 2.57. The Morgan fingerprint density at radius 3 is 2.23 bits per heavy atom. The van der Waals surface area contributed by atoms with Crippen LogP contribution in [-0.4, -0.2) is 18.5 Å². The monoisotopic (exact) mass is 184 g/mol. The van der Waals surface area contributed by atoms with Gasteiger partial charge in [0, 0.05) is 5.92 Å². The van der Waals surface area contributed by atoms with E-state index in [0.717, 1.165) is 13.0 Å². The van der Waals surface area contributed by atoms with Crippen LogP contribution in [-0.2, 0) is 9.47 Å². The lowest BCUT2D eigenvalue weighted by Gasteiger charge is -2.36. The third-order valence-electron chi connectivity index (χ3n) is 3.34. The van der Waals surface area contributed by atoms with Gasteiger partial charge in [0.15, 0.2) is 6.29 Å². The maximum absolute atomic E-state index is 5.91. The molecule has 2 fully saturated rings. The molecule has 1 saturated heterocycles. The third kappa shape index (κ3) is 1.89. The van der Waals surface area contributed by atoms with E-state index in [1.54, 1.807) is 0 Å². The molecule has 2 nitrogen and oxygen atoms in total. The third-order valence-corrected chi connectivity index (χ3v) is 3.34. The second-order valence-electron chi connectivity index (χ2n) is 5.67. The predicted molar refractivity (Wildman–Crippen MR) is 51.4 cm³/mol. The van der Waals surface area contributed by atoms with Gasteiger partial charge in [0.25, 0.3) is 0 Å². The molecule has 0 aromatic rings. The van der Waals surface area contributed by atoms with Crippen molar-refractivity contribution in [1.29, 1.82) is 0 Å². The Hall–Kier alpha value is -0.0800. The van der Waals surface area contributed by atoms with Gasteiger partial charge in [0.05, 0.1) is 12.2 Å². The molecular formula is C11H20O2. The van der Waals surface area contributed by atoms with Gasteiger partial charge in [-0.2, -0.15) is 0 Å². The summed E-state index contributed by atoms with van der Waals surface area (Å²) in [4.78, 5) is 0. The van der Waals surface area contributed by atoms with E-state index in [4.69, 9.17) is 9.47 Å². The van der Waals surface area contributed by atoms with Gasteiger partial charge in [-0.25, -0.2) is 0 Å². The summed E-state index contributed by atoms with van der Waals surface area (Å²) in [6, 6.07) is 0. The molecule has 1 unspecified atom stereocenters. The summed E-state index contributed by atoms with van der Waals surface area (Å²) in [6.45, 7) is 9.72. The van der Waals surface area contributed by atoms with E-state index in [-0.39, 0.29) is 11.9 Å². The summed E-state index contributed by atoms with van der Waals surface area (Å²) < 4.78 is 11.6. The maximum atomic E-state index is 5.91. The Bertz CT molecular complexity index is 208. The molecule has 0 aromatic heterocycles.